The number of aromatic nitrogens is 1. The first-order valence-corrected chi connectivity index (χ1v) is 7.00. The van der Waals surface area contributed by atoms with Gasteiger partial charge in [0.05, 0.1) is 17.6 Å². The Morgan fingerprint density at radius 1 is 1.43 bits per heavy atom. The minimum Gasteiger partial charge on any atom is -0.465 e. The molecule has 0 N–H and O–H groups in total. The fourth-order valence-corrected chi connectivity index (χ4v) is 2.72. The maximum absolute atomic E-state index is 11.5. The minimum absolute atomic E-state index is 0.0880. The third kappa shape index (κ3) is 3.29. The lowest BCUT2D eigenvalue weighted by atomic mass is 9.94. The number of nitro groups is 1. The predicted octanol–water partition coefficient (Wildman–Crippen LogP) is 2.55. The molecule has 7 nitrogen and oxygen atoms in total. The van der Waals surface area contributed by atoms with Crippen LogP contribution in [-0.2, 0) is 4.74 Å². The number of hydrogen-bond donors (Lipinski definition) is 0. The highest BCUT2D eigenvalue weighted by Gasteiger charge is 2.27. The molecule has 0 unspecified atom stereocenters. The molecule has 0 aliphatic heterocycles. The number of pyridine rings is 1. The van der Waals surface area contributed by atoms with Crippen molar-refractivity contribution < 1.29 is 14.5 Å². The first kappa shape index (κ1) is 15.2. The van der Waals surface area contributed by atoms with E-state index in [-0.39, 0.29) is 17.3 Å². The largest absolute Gasteiger partial charge is 0.465 e. The third-order valence-corrected chi connectivity index (χ3v) is 3.92. The Morgan fingerprint density at radius 2 is 2.10 bits per heavy atom. The van der Waals surface area contributed by atoms with Crippen molar-refractivity contribution >= 4 is 17.5 Å². The van der Waals surface area contributed by atoms with Crippen molar-refractivity contribution in [3.05, 3.63) is 27.9 Å². The molecule has 1 heterocycles. The highest BCUT2D eigenvalue weighted by Crippen LogP contribution is 2.31. The number of carbonyl (C=O) groups excluding carboxylic acids is 1. The molecule has 0 aromatic carbocycles. The van der Waals surface area contributed by atoms with Crippen LogP contribution in [0.15, 0.2) is 12.3 Å². The van der Waals surface area contributed by atoms with Gasteiger partial charge in [0.25, 0.3) is 0 Å². The number of methoxy groups -OCH3 is 1. The van der Waals surface area contributed by atoms with Crippen LogP contribution in [0.3, 0.4) is 0 Å². The van der Waals surface area contributed by atoms with Gasteiger partial charge in [-0.2, -0.15) is 0 Å². The van der Waals surface area contributed by atoms with Crippen LogP contribution in [0.2, 0.25) is 0 Å². The first-order valence-electron chi connectivity index (χ1n) is 7.00. The summed E-state index contributed by atoms with van der Waals surface area (Å²) in [4.78, 5) is 28.2. The molecule has 21 heavy (non-hydrogen) atoms. The predicted molar refractivity (Wildman–Crippen MR) is 77.5 cm³/mol. The van der Waals surface area contributed by atoms with Gasteiger partial charge in [0.15, 0.2) is 0 Å². The van der Waals surface area contributed by atoms with Gasteiger partial charge >= 0.3 is 11.7 Å². The summed E-state index contributed by atoms with van der Waals surface area (Å²) in [5.74, 6) is -0.322. The lowest BCUT2D eigenvalue weighted by molar-refractivity contribution is -0.384. The molecule has 1 fully saturated rings. The van der Waals surface area contributed by atoms with Crippen LogP contribution in [0.25, 0.3) is 0 Å². The minimum atomic E-state index is -0.627. The third-order valence-electron chi connectivity index (χ3n) is 3.92. The van der Waals surface area contributed by atoms with Crippen molar-refractivity contribution in [2.75, 3.05) is 19.1 Å². The Labute approximate surface area is 123 Å². The number of ether oxygens (including phenoxy) is 1. The van der Waals surface area contributed by atoms with Gasteiger partial charge in [-0.15, -0.1) is 0 Å². The summed E-state index contributed by atoms with van der Waals surface area (Å²) >= 11 is 0. The van der Waals surface area contributed by atoms with E-state index in [1.807, 2.05) is 11.9 Å². The van der Waals surface area contributed by atoms with Crippen LogP contribution < -0.4 is 4.90 Å². The normalized spacial score (nSPS) is 15.5. The lowest BCUT2D eigenvalue weighted by Gasteiger charge is -2.31. The summed E-state index contributed by atoms with van der Waals surface area (Å²) in [6, 6.07) is 1.49. The van der Waals surface area contributed by atoms with Gasteiger partial charge in [-0.3, -0.25) is 10.1 Å². The van der Waals surface area contributed by atoms with Gasteiger partial charge in [0.1, 0.15) is 0 Å². The van der Waals surface area contributed by atoms with E-state index in [1.165, 1.54) is 25.8 Å². The molecule has 114 valence electrons. The Morgan fingerprint density at radius 3 is 2.67 bits per heavy atom. The Kier molecular flexibility index (Phi) is 4.72. The second kappa shape index (κ2) is 6.51. The summed E-state index contributed by atoms with van der Waals surface area (Å²) in [7, 11) is 3.05. The van der Waals surface area contributed by atoms with Crippen LogP contribution in [-0.4, -0.2) is 36.1 Å². The van der Waals surface area contributed by atoms with E-state index in [1.54, 1.807) is 0 Å². The van der Waals surface area contributed by atoms with Crippen LogP contribution in [0.4, 0.5) is 11.5 Å². The van der Waals surface area contributed by atoms with E-state index >= 15 is 0 Å². The standard InChI is InChI=1S/C14H19N3O4/c1-16(11-6-4-3-5-7-11)13-12(17(19)20)8-10(9-15-13)14(18)21-2/h8-9,11H,3-7H2,1-2H3. The first-order chi connectivity index (χ1) is 10.0. The fraction of sp³-hybridized carbons (Fsp3) is 0.571. The van der Waals surface area contributed by atoms with E-state index < -0.39 is 10.9 Å². The monoisotopic (exact) mass is 293 g/mol. The van der Waals surface area contributed by atoms with Crippen LogP contribution >= 0.6 is 0 Å². The van der Waals surface area contributed by atoms with E-state index in [4.69, 9.17) is 0 Å². The highest BCUT2D eigenvalue weighted by atomic mass is 16.6. The van der Waals surface area contributed by atoms with Gasteiger partial charge in [0, 0.05) is 25.4 Å². The van der Waals surface area contributed by atoms with Gasteiger partial charge in [-0.25, -0.2) is 9.78 Å². The molecule has 0 atom stereocenters. The average Bonchev–Trinajstić information content (AvgIpc) is 2.53. The van der Waals surface area contributed by atoms with Crippen molar-refractivity contribution in [3.8, 4) is 0 Å². The summed E-state index contributed by atoms with van der Waals surface area (Å²) in [6.07, 6.45) is 6.81. The quantitative estimate of drug-likeness (QED) is 0.482. The van der Waals surface area contributed by atoms with Crippen LogP contribution in [0.1, 0.15) is 42.5 Å². The Hall–Kier alpha value is -2.18. The lowest BCUT2D eigenvalue weighted by Crippen LogP contribution is -2.34. The molecule has 0 spiro atoms. The maximum Gasteiger partial charge on any atom is 0.339 e. The number of rotatable bonds is 4. The number of esters is 1. The molecule has 1 aromatic rings. The molecule has 1 aromatic heterocycles. The van der Waals surface area contributed by atoms with Crippen molar-refractivity contribution in [3.63, 3.8) is 0 Å². The molecular formula is C14H19N3O4. The summed E-state index contributed by atoms with van der Waals surface area (Å²) in [5, 5.41) is 11.3. The molecule has 1 aliphatic rings. The van der Waals surface area contributed by atoms with E-state index in [0.29, 0.717) is 5.82 Å². The summed E-state index contributed by atoms with van der Waals surface area (Å²) in [6.45, 7) is 0. The molecule has 0 radical (unpaired) electrons. The smallest absolute Gasteiger partial charge is 0.339 e. The fourth-order valence-electron chi connectivity index (χ4n) is 2.72. The second-order valence-electron chi connectivity index (χ2n) is 5.22. The number of nitrogens with zero attached hydrogens (tertiary/aromatic N) is 3. The Balaban J connectivity index is 2.33. The van der Waals surface area contributed by atoms with Gasteiger partial charge in [-0.1, -0.05) is 19.3 Å². The van der Waals surface area contributed by atoms with E-state index in [2.05, 4.69) is 9.72 Å². The Bertz CT molecular complexity index is 541. The van der Waals surface area contributed by atoms with Gasteiger partial charge < -0.3 is 9.64 Å². The average molecular weight is 293 g/mol. The molecule has 7 heteroatoms. The van der Waals surface area contributed by atoms with Crippen molar-refractivity contribution in [2.24, 2.45) is 0 Å². The van der Waals surface area contributed by atoms with Crippen molar-refractivity contribution in [1.29, 1.82) is 0 Å². The number of anilines is 1. The molecular weight excluding hydrogens is 274 g/mol. The molecule has 0 amide bonds. The zero-order valence-corrected chi connectivity index (χ0v) is 12.2. The van der Waals surface area contributed by atoms with Gasteiger partial charge in [0.2, 0.25) is 5.82 Å². The summed E-state index contributed by atoms with van der Waals surface area (Å²) < 4.78 is 4.57. The van der Waals surface area contributed by atoms with Crippen molar-refractivity contribution in [2.45, 2.75) is 38.1 Å². The second-order valence-corrected chi connectivity index (χ2v) is 5.22. The highest BCUT2D eigenvalue weighted by molar-refractivity contribution is 5.90. The van der Waals surface area contributed by atoms with E-state index in [9.17, 15) is 14.9 Å². The zero-order chi connectivity index (χ0) is 15.4. The van der Waals surface area contributed by atoms with Crippen LogP contribution in [0, 0.1) is 10.1 Å². The SMILES string of the molecule is COC(=O)c1cnc(N(C)C2CCCCC2)c([N+](=O)[O-])c1. The van der Waals surface area contributed by atoms with E-state index in [0.717, 1.165) is 25.7 Å². The zero-order valence-electron chi connectivity index (χ0n) is 12.2. The molecule has 1 aliphatic carbocycles. The summed E-state index contributed by atoms with van der Waals surface area (Å²) in [5.41, 5.74) is -0.0732. The number of hydrogen-bond acceptors (Lipinski definition) is 6. The molecule has 2 rings (SSSR count). The molecule has 0 bridgehead atoms. The molecule has 1 saturated carbocycles. The number of carbonyl (C=O) groups is 1. The topological polar surface area (TPSA) is 85.6 Å². The maximum atomic E-state index is 11.5. The van der Waals surface area contributed by atoms with Crippen LogP contribution in [0.5, 0.6) is 0 Å². The van der Waals surface area contributed by atoms with Crippen molar-refractivity contribution in [1.82, 2.24) is 4.98 Å². The molecule has 0 saturated heterocycles. The van der Waals surface area contributed by atoms with Gasteiger partial charge in [-0.05, 0) is 12.8 Å².